The van der Waals surface area contributed by atoms with Crippen molar-refractivity contribution in [3.05, 3.63) is 29.8 Å². The van der Waals surface area contributed by atoms with Gasteiger partial charge in [-0.15, -0.1) is 0 Å². The Kier molecular flexibility index (Phi) is 5.70. The third-order valence-electron chi connectivity index (χ3n) is 3.84. The number of hydrogen-bond acceptors (Lipinski definition) is 9. The van der Waals surface area contributed by atoms with Crippen LogP contribution in [0.5, 0.6) is 0 Å². The fourth-order valence-electron chi connectivity index (χ4n) is 2.52. The van der Waals surface area contributed by atoms with Gasteiger partial charge in [0.1, 0.15) is 17.0 Å². The van der Waals surface area contributed by atoms with Gasteiger partial charge in [0.15, 0.2) is 0 Å². The van der Waals surface area contributed by atoms with Gasteiger partial charge in [0.2, 0.25) is 17.7 Å². The van der Waals surface area contributed by atoms with Crippen LogP contribution in [0.4, 0.5) is 15.3 Å². The molecule has 10 nitrogen and oxygen atoms in total. The summed E-state index contributed by atoms with van der Waals surface area (Å²) in [7, 11) is 1.25. The van der Waals surface area contributed by atoms with Gasteiger partial charge in [-0.25, -0.2) is 4.79 Å². The molecule has 0 unspecified atom stereocenters. The second-order valence-electron chi connectivity index (χ2n) is 5.66. The molecule has 146 valence electrons. The van der Waals surface area contributed by atoms with Gasteiger partial charge in [-0.05, 0) is 47.8 Å². The molecule has 5 amide bonds. The molecule has 2 N–H and O–H groups in total. The van der Waals surface area contributed by atoms with Gasteiger partial charge in [-0.1, -0.05) is 0 Å². The predicted molar refractivity (Wildman–Crippen MR) is 99.8 cm³/mol. The number of hydrogen-bond donors (Lipinski definition) is 2. The Bertz CT molecular complexity index is 887. The summed E-state index contributed by atoms with van der Waals surface area (Å²) in [6, 6.07) is 5.85. The Morgan fingerprint density at radius 2 is 1.79 bits per heavy atom. The van der Waals surface area contributed by atoms with E-state index in [1.165, 1.54) is 31.4 Å². The van der Waals surface area contributed by atoms with E-state index in [1.807, 2.05) is 0 Å². The lowest BCUT2D eigenvalue weighted by Gasteiger charge is -2.15. The Hall–Kier alpha value is -2.86. The zero-order valence-electron chi connectivity index (χ0n) is 14.3. The van der Waals surface area contributed by atoms with Crippen LogP contribution in [0.15, 0.2) is 24.3 Å². The number of thioether (sulfide) groups is 2. The van der Waals surface area contributed by atoms with Crippen molar-refractivity contribution in [1.82, 2.24) is 10.2 Å². The van der Waals surface area contributed by atoms with Crippen LogP contribution in [-0.4, -0.2) is 63.2 Å². The molecule has 0 radical (unpaired) electrons. The summed E-state index contributed by atoms with van der Waals surface area (Å²) in [5.41, 5.74) is 0.656. The Morgan fingerprint density at radius 1 is 1.11 bits per heavy atom. The molecule has 1 aromatic carbocycles. The molecule has 2 fully saturated rings. The highest BCUT2D eigenvalue weighted by molar-refractivity contribution is 8.19. The van der Waals surface area contributed by atoms with E-state index in [4.69, 9.17) is 0 Å². The molecule has 3 rings (SSSR count). The summed E-state index contributed by atoms with van der Waals surface area (Å²) in [5.74, 6) is -2.49. The predicted octanol–water partition coefficient (Wildman–Crippen LogP) is 0.827. The molecule has 2 heterocycles. The average Bonchev–Trinajstić information content (AvgIpc) is 3.14. The van der Waals surface area contributed by atoms with E-state index in [1.54, 1.807) is 0 Å². The number of imide groups is 2. The lowest BCUT2D eigenvalue weighted by Crippen LogP contribution is -2.42. The number of amides is 5. The molecule has 2 aliphatic heterocycles. The zero-order chi connectivity index (χ0) is 20.4. The normalized spacial score (nSPS) is 21.7. The Balaban J connectivity index is 1.61. The number of ether oxygens (including phenoxy) is 1. The quantitative estimate of drug-likeness (QED) is 0.659. The number of benzene rings is 1. The van der Waals surface area contributed by atoms with Crippen molar-refractivity contribution in [3.63, 3.8) is 0 Å². The zero-order valence-corrected chi connectivity index (χ0v) is 15.9. The Labute approximate surface area is 166 Å². The van der Waals surface area contributed by atoms with E-state index in [9.17, 15) is 28.8 Å². The number of carbonyl (C=O) groups excluding carboxylic acids is 6. The summed E-state index contributed by atoms with van der Waals surface area (Å²) >= 11 is 1.26. The number of methoxy groups -OCH3 is 1. The smallest absolute Gasteiger partial charge is 0.337 e. The molecule has 2 saturated heterocycles. The van der Waals surface area contributed by atoms with Crippen molar-refractivity contribution >= 4 is 63.4 Å². The SMILES string of the molecule is COC(=O)c1ccc(NC(=O)CN2C(=O)S[C@H]([C@H]3SC(=O)NC3=O)C2=O)cc1. The number of rotatable bonds is 5. The lowest BCUT2D eigenvalue weighted by molar-refractivity contribution is -0.131. The van der Waals surface area contributed by atoms with Gasteiger partial charge in [0, 0.05) is 5.69 Å². The van der Waals surface area contributed by atoms with Crippen LogP contribution in [0, 0.1) is 0 Å². The maximum absolute atomic E-state index is 12.4. The molecular weight excluding hydrogens is 410 g/mol. The van der Waals surface area contributed by atoms with E-state index >= 15 is 0 Å². The van der Waals surface area contributed by atoms with Crippen molar-refractivity contribution in [2.45, 2.75) is 10.5 Å². The van der Waals surface area contributed by atoms with Gasteiger partial charge in [0.05, 0.1) is 12.7 Å². The van der Waals surface area contributed by atoms with Gasteiger partial charge in [-0.3, -0.25) is 34.2 Å². The van der Waals surface area contributed by atoms with Crippen LogP contribution in [0.1, 0.15) is 10.4 Å². The molecule has 2 atom stereocenters. The van der Waals surface area contributed by atoms with Gasteiger partial charge in [-0.2, -0.15) is 0 Å². The minimum absolute atomic E-state index is 0.298. The molecule has 0 bridgehead atoms. The van der Waals surface area contributed by atoms with E-state index in [-0.39, 0.29) is 0 Å². The van der Waals surface area contributed by atoms with Gasteiger partial charge < -0.3 is 10.1 Å². The first-order chi connectivity index (χ1) is 13.3. The summed E-state index contributed by atoms with van der Waals surface area (Å²) in [5, 5.41) is 1.26. The van der Waals surface area contributed by atoms with Crippen LogP contribution in [-0.2, 0) is 19.1 Å². The highest BCUT2D eigenvalue weighted by atomic mass is 32.2. The van der Waals surface area contributed by atoms with Crippen LogP contribution in [0.2, 0.25) is 0 Å². The van der Waals surface area contributed by atoms with Crippen LogP contribution >= 0.6 is 23.5 Å². The van der Waals surface area contributed by atoms with Crippen molar-refractivity contribution in [2.75, 3.05) is 19.0 Å². The summed E-state index contributed by atoms with van der Waals surface area (Å²) in [6.45, 7) is -0.535. The average molecular weight is 423 g/mol. The topological polar surface area (TPSA) is 139 Å². The van der Waals surface area contributed by atoms with E-state index in [2.05, 4.69) is 15.4 Å². The van der Waals surface area contributed by atoms with Gasteiger partial charge in [0.25, 0.3) is 10.5 Å². The van der Waals surface area contributed by atoms with Crippen molar-refractivity contribution in [3.8, 4) is 0 Å². The van der Waals surface area contributed by atoms with Crippen molar-refractivity contribution in [1.29, 1.82) is 0 Å². The molecule has 0 spiro atoms. The van der Waals surface area contributed by atoms with Crippen LogP contribution < -0.4 is 10.6 Å². The summed E-state index contributed by atoms with van der Waals surface area (Å²) in [6.07, 6.45) is 0. The highest BCUT2D eigenvalue weighted by Gasteiger charge is 2.50. The highest BCUT2D eigenvalue weighted by Crippen LogP contribution is 2.36. The molecule has 28 heavy (non-hydrogen) atoms. The Morgan fingerprint density at radius 3 is 2.36 bits per heavy atom. The number of nitrogens with zero attached hydrogens (tertiary/aromatic N) is 1. The molecule has 12 heteroatoms. The number of anilines is 1. The van der Waals surface area contributed by atoms with E-state index < -0.39 is 51.2 Å². The molecule has 1 aromatic rings. The molecule has 2 aliphatic rings. The monoisotopic (exact) mass is 423 g/mol. The first-order valence-electron chi connectivity index (χ1n) is 7.82. The van der Waals surface area contributed by atoms with Crippen molar-refractivity contribution < 1.29 is 33.5 Å². The lowest BCUT2D eigenvalue weighted by atomic mass is 10.2. The van der Waals surface area contributed by atoms with Crippen LogP contribution in [0.25, 0.3) is 0 Å². The number of nitrogens with one attached hydrogen (secondary N) is 2. The second-order valence-corrected chi connectivity index (χ2v) is 7.87. The first kappa shape index (κ1) is 19.9. The second kappa shape index (κ2) is 8.02. The first-order valence-corrected chi connectivity index (χ1v) is 9.58. The third-order valence-corrected chi connectivity index (χ3v) is 6.22. The molecule has 0 aromatic heterocycles. The standard InChI is InChI=1S/C16H13N3O7S2/c1-26-14(23)7-2-4-8(5-3-7)17-9(20)6-19-13(22)11(28-16(19)25)10-12(21)18-15(24)27-10/h2-5,10-11H,6H2,1H3,(H,17,20)(H,18,21,24)/t10-,11-/m1/s1. The largest absolute Gasteiger partial charge is 0.465 e. The minimum atomic E-state index is -1.06. The van der Waals surface area contributed by atoms with E-state index in [0.29, 0.717) is 34.8 Å². The molecule has 0 aliphatic carbocycles. The fourth-order valence-corrected chi connectivity index (χ4v) is 4.62. The summed E-state index contributed by atoms with van der Waals surface area (Å²) < 4.78 is 4.57. The van der Waals surface area contributed by atoms with Crippen molar-refractivity contribution in [2.24, 2.45) is 0 Å². The van der Waals surface area contributed by atoms with Gasteiger partial charge >= 0.3 is 5.97 Å². The minimum Gasteiger partial charge on any atom is -0.465 e. The maximum Gasteiger partial charge on any atom is 0.337 e. The van der Waals surface area contributed by atoms with Crippen LogP contribution in [0.3, 0.4) is 0 Å². The fraction of sp³-hybridized carbons (Fsp3) is 0.250. The maximum atomic E-state index is 12.4. The summed E-state index contributed by atoms with van der Waals surface area (Å²) in [4.78, 5) is 71.9. The van der Waals surface area contributed by atoms with E-state index in [0.717, 1.165) is 4.90 Å². The number of carbonyl (C=O) groups is 6. The third kappa shape index (κ3) is 4.02. The molecular formula is C16H13N3O7S2. The number of esters is 1. The molecule has 0 saturated carbocycles.